The van der Waals surface area contributed by atoms with Crippen LogP contribution in [-0.2, 0) is 4.79 Å². The zero-order chi connectivity index (χ0) is 12.6. The van der Waals surface area contributed by atoms with E-state index in [2.05, 4.69) is 10.6 Å². The van der Waals surface area contributed by atoms with E-state index in [0.717, 1.165) is 19.5 Å². The van der Waals surface area contributed by atoms with Gasteiger partial charge >= 0.3 is 0 Å². The molecule has 1 saturated heterocycles. The Bertz CT molecular complexity index is 241. The van der Waals surface area contributed by atoms with Crippen molar-refractivity contribution in [2.24, 2.45) is 5.92 Å². The average molecular weight is 252 g/mol. The molecule has 0 aromatic heterocycles. The predicted octanol–water partition coefficient (Wildman–Crippen LogP) is 2.61. The summed E-state index contributed by atoms with van der Waals surface area (Å²) >= 11 is 0. The maximum Gasteiger partial charge on any atom is 0.220 e. The highest BCUT2D eigenvalue weighted by Gasteiger charge is 2.19. The number of hydrogen-bond acceptors (Lipinski definition) is 2. The summed E-state index contributed by atoms with van der Waals surface area (Å²) in [5, 5.41) is 6.65. The highest BCUT2D eigenvalue weighted by molar-refractivity contribution is 5.76. The number of rotatable bonds is 3. The second kappa shape index (κ2) is 7.78. The Morgan fingerprint density at radius 3 is 2.39 bits per heavy atom. The molecule has 3 heteroatoms. The van der Waals surface area contributed by atoms with Gasteiger partial charge in [-0.25, -0.2) is 0 Å². The lowest BCUT2D eigenvalue weighted by Crippen LogP contribution is -2.38. The van der Waals surface area contributed by atoms with Crippen LogP contribution in [0.15, 0.2) is 0 Å². The highest BCUT2D eigenvalue weighted by Crippen LogP contribution is 2.18. The Kier molecular flexibility index (Phi) is 5.98. The van der Waals surface area contributed by atoms with Crippen molar-refractivity contribution in [1.82, 2.24) is 10.6 Å². The molecule has 2 rings (SSSR count). The Morgan fingerprint density at radius 2 is 1.72 bits per heavy atom. The zero-order valence-electron chi connectivity index (χ0n) is 11.5. The third-order valence-corrected chi connectivity index (χ3v) is 4.34. The van der Waals surface area contributed by atoms with Gasteiger partial charge in [-0.05, 0) is 44.7 Å². The van der Waals surface area contributed by atoms with Crippen molar-refractivity contribution in [1.29, 1.82) is 0 Å². The molecule has 0 spiro atoms. The van der Waals surface area contributed by atoms with E-state index in [1.807, 2.05) is 0 Å². The Morgan fingerprint density at radius 1 is 1.00 bits per heavy atom. The predicted molar refractivity (Wildman–Crippen MR) is 74.5 cm³/mol. The largest absolute Gasteiger partial charge is 0.353 e. The first kappa shape index (κ1) is 13.9. The molecule has 0 aromatic rings. The van der Waals surface area contributed by atoms with Crippen molar-refractivity contribution in [3.8, 4) is 0 Å². The van der Waals surface area contributed by atoms with E-state index in [1.165, 1.54) is 57.8 Å². The summed E-state index contributed by atoms with van der Waals surface area (Å²) < 4.78 is 0. The van der Waals surface area contributed by atoms with Crippen molar-refractivity contribution in [3.05, 3.63) is 0 Å². The molecule has 1 aliphatic carbocycles. The van der Waals surface area contributed by atoms with Crippen LogP contribution >= 0.6 is 0 Å². The van der Waals surface area contributed by atoms with E-state index in [-0.39, 0.29) is 5.91 Å². The fraction of sp³-hybridized carbons (Fsp3) is 0.933. The van der Waals surface area contributed by atoms with E-state index in [1.54, 1.807) is 0 Å². The molecule has 0 radical (unpaired) electrons. The lowest BCUT2D eigenvalue weighted by atomic mass is 9.94. The highest BCUT2D eigenvalue weighted by atomic mass is 16.1. The smallest absolute Gasteiger partial charge is 0.220 e. The lowest BCUT2D eigenvalue weighted by molar-refractivity contribution is -0.123. The number of carbonyl (C=O) groups excluding carboxylic acids is 1. The molecular weight excluding hydrogens is 224 g/mol. The summed E-state index contributed by atoms with van der Waals surface area (Å²) in [4.78, 5) is 12.0. The monoisotopic (exact) mass is 252 g/mol. The minimum absolute atomic E-state index is 0.286. The minimum atomic E-state index is 0.286. The van der Waals surface area contributed by atoms with Crippen LogP contribution in [0.25, 0.3) is 0 Å². The molecule has 0 aromatic carbocycles. The van der Waals surface area contributed by atoms with Crippen LogP contribution < -0.4 is 10.6 Å². The second-order valence-electron chi connectivity index (χ2n) is 6.03. The third-order valence-electron chi connectivity index (χ3n) is 4.34. The van der Waals surface area contributed by atoms with Gasteiger partial charge in [0.1, 0.15) is 0 Å². The molecule has 2 fully saturated rings. The van der Waals surface area contributed by atoms with Gasteiger partial charge in [0.05, 0.1) is 0 Å². The second-order valence-corrected chi connectivity index (χ2v) is 6.03. The molecule has 104 valence electrons. The van der Waals surface area contributed by atoms with Gasteiger partial charge in [0.2, 0.25) is 5.91 Å². The van der Waals surface area contributed by atoms with Crippen molar-refractivity contribution >= 4 is 5.91 Å². The third kappa shape index (κ3) is 4.97. The molecular formula is C15H28N2O. The molecule has 2 aliphatic rings. The van der Waals surface area contributed by atoms with Crippen LogP contribution in [0.1, 0.15) is 64.2 Å². The van der Waals surface area contributed by atoms with Gasteiger partial charge < -0.3 is 10.6 Å². The average Bonchev–Trinajstić information content (AvgIpc) is 2.34. The minimum Gasteiger partial charge on any atom is -0.353 e. The van der Waals surface area contributed by atoms with E-state index in [9.17, 15) is 4.79 Å². The molecule has 1 saturated carbocycles. The molecule has 1 amide bonds. The maximum absolute atomic E-state index is 12.0. The van der Waals surface area contributed by atoms with Gasteiger partial charge in [-0.1, -0.05) is 32.1 Å². The summed E-state index contributed by atoms with van der Waals surface area (Å²) in [5.74, 6) is 0.849. The van der Waals surface area contributed by atoms with Gasteiger partial charge in [-0.2, -0.15) is 0 Å². The summed E-state index contributed by atoms with van der Waals surface area (Å²) in [6.45, 7) is 2.15. The van der Waals surface area contributed by atoms with E-state index >= 15 is 0 Å². The molecule has 1 aliphatic heterocycles. The summed E-state index contributed by atoms with van der Waals surface area (Å²) in [6.07, 6.45) is 12.2. The van der Waals surface area contributed by atoms with Gasteiger partial charge in [0, 0.05) is 12.5 Å². The fourth-order valence-electron chi connectivity index (χ4n) is 3.25. The van der Waals surface area contributed by atoms with Crippen LogP contribution in [0.2, 0.25) is 0 Å². The summed E-state index contributed by atoms with van der Waals surface area (Å²) in [5.41, 5.74) is 0. The van der Waals surface area contributed by atoms with Gasteiger partial charge in [0.25, 0.3) is 0 Å². The Hall–Kier alpha value is -0.570. The first-order chi connectivity index (χ1) is 8.84. The van der Waals surface area contributed by atoms with Crippen molar-refractivity contribution < 1.29 is 4.79 Å². The van der Waals surface area contributed by atoms with Crippen molar-refractivity contribution in [2.45, 2.75) is 70.3 Å². The molecule has 0 bridgehead atoms. The molecule has 2 N–H and O–H groups in total. The first-order valence-electron chi connectivity index (χ1n) is 7.84. The molecule has 1 unspecified atom stereocenters. The number of nitrogens with one attached hydrogen (secondary N) is 2. The molecule has 1 heterocycles. The van der Waals surface area contributed by atoms with Gasteiger partial charge in [-0.3, -0.25) is 4.79 Å². The topological polar surface area (TPSA) is 41.1 Å². The Labute approximate surface area is 111 Å². The zero-order valence-corrected chi connectivity index (χ0v) is 11.5. The molecule has 3 nitrogen and oxygen atoms in total. The van der Waals surface area contributed by atoms with E-state index in [4.69, 9.17) is 0 Å². The van der Waals surface area contributed by atoms with E-state index < -0.39 is 0 Å². The van der Waals surface area contributed by atoms with E-state index in [0.29, 0.717) is 12.0 Å². The van der Waals surface area contributed by atoms with Gasteiger partial charge in [-0.15, -0.1) is 0 Å². The number of carbonyl (C=O) groups is 1. The van der Waals surface area contributed by atoms with Crippen LogP contribution in [0.4, 0.5) is 0 Å². The number of hydrogen-bond donors (Lipinski definition) is 2. The van der Waals surface area contributed by atoms with Crippen LogP contribution in [-0.4, -0.2) is 25.0 Å². The molecule has 1 atom stereocenters. The lowest BCUT2D eigenvalue weighted by Gasteiger charge is -2.25. The van der Waals surface area contributed by atoms with Crippen LogP contribution in [0, 0.1) is 5.92 Å². The quantitative estimate of drug-likeness (QED) is 0.810. The van der Waals surface area contributed by atoms with Crippen LogP contribution in [0.3, 0.4) is 0 Å². The SMILES string of the molecule is O=C(CC1CCCNC1)NC1CCCCCCC1. The Balaban J connectivity index is 1.68. The van der Waals surface area contributed by atoms with Crippen molar-refractivity contribution in [3.63, 3.8) is 0 Å². The number of amides is 1. The van der Waals surface area contributed by atoms with Crippen molar-refractivity contribution in [2.75, 3.05) is 13.1 Å². The first-order valence-corrected chi connectivity index (χ1v) is 7.84. The fourth-order valence-corrected chi connectivity index (χ4v) is 3.25. The summed E-state index contributed by atoms with van der Waals surface area (Å²) in [6, 6.07) is 0.453. The normalized spacial score (nSPS) is 27.2. The standard InChI is InChI=1S/C15H28N2O/c18-15(11-13-7-6-10-16-12-13)17-14-8-4-2-1-3-5-9-14/h13-14,16H,1-12H2,(H,17,18). The summed E-state index contributed by atoms with van der Waals surface area (Å²) in [7, 11) is 0. The molecule has 18 heavy (non-hydrogen) atoms. The number of piperidine rings is 1. The van der Waals surface area contributed by atoms with Gasteiger partial charge in [0.15, 0.2) is 0 Å². The maximum atomic E-state index is 12.0. The van der Waals surface area contributed by atoms with Crippen LogP contribution in [0.5, 0.6) is 0 Å².